The van der Waals surface area contributed by atoms with Gasteiger partial charge in [0.15, 0.2) is 0 Å². The fourth-order valence-corrected chi connectivity index (χ4v) is 2.30. The Morgan fingerprint density at radius 3 is 2.83 bits per heavy atom. The summed E-state index contributed by atoms with van der Waals surface area (Å²) in [5, 5.41) is 11.1. The normalized spacial score (nSPS) is 12.0. The van der Waals surface area contributed by atoms with Crippen LogP contribution in [0.1, 0.15) is 24.4 Å². The van der Waals surface area contributed by atoms with E-state index in [9.17, 15) is 4.79 Å². The molecule has 1 heterocycles. The van der Waals surface area contributed by atoms with Crippen molar-refractivity contribution in [2.45, 2.75) is 19.6 Å². The molecule has 0 radical (unpaired) electrons. The van der Waals surface area contributed by atoms with Crippen LogP contribution in [0.5, 0.6) is 5.75 Å². The van der Waals surface area contributed by atoms with Crippen LogP contribution < -0.4 is 10.1 Å². The lowest BCUT2D eigenvalue weighted by molar-refractivity contribution is 0.190. The van der Waals surface area contributed by atoms with Crippen LogP contribution in [0, 0.1) is 0 Å². The van der Waals surface area contributed by atoms with Crippen LogP contribution in [0.3, 0.4) is 0 Å². The number of nitrogens with one attached hydrogen (secondary N) is 2. The standard InChI is InChI=1S/C17H17N3O3/c1-11(18-17(21)22)16-19-14-8-7-13(9-15(14)20-16)23-10-12-5-3-2-4-6-12/h2-9,11,18H,10H2,1H3,(H,19,20)(H,21,22). The van der Waals surface area contributed by atoms with Crippen LogP contribution in [0.2, 0.25) is 0 Å². The van der Waals surface area contributed by atoms with Crippen LogP contribution >= 0.6 is 0 Å². The van der Waals surface area contributed by atoms with Gasteiger partial charge in [-0.3, -0.25) is 0 Å². The van der Waals surface area contributed by atoms with E-state index in [0.717, 1.165) is 22.3 Å². The van der Waals surface area contributed by atoms with Crippen molar-refractivity contribution < 1.29 is 14.6 Å². The van der Waals surface area contributed by atoms with Crippen molar-refractivity contribution in [3.63, 3.8) is 0 Å². The predicted octanol–water partition coefficient (Wildman–Crippen LogP) is 3.47. The maximum absolute atomic E-state index is 10.7. The highest BCUT2D eigenvalue weighted by Gasteiger charge is 2.13. The summed E-state index contributed by atoms with van der Waals surface area (Å²) in [6.07, 6.45) is -1.08. The molecule has 1 unspecified atom stereocenters. The van der Waals surface area contributed by atoms with E-state index in [1.807, 2.05) is 48.5 Å². The Bertz CT molecular complexity index is 814. The van der Waals surface area contributed by atoms with E-state index in [4.69, 9.17) is 9.84 Å². The second-order valence-electron chi connectivity index (χ2n) is 5.25. The molecule has 0 fully saturated rings. The number of benzene rings is 2. The van der Waals surface area contributed by atoms with E-state index in [1.165, 1.54) is 0 Å². The molecule has 118 valence electrons. The quantitative estimate of drug-likeness (QED) is 0.673. The summed E-state index contributed by atoms with van der Waals surface area (Å²) in [6.45, 7) is 2.23. The number of aromatic amines is 1. The average molecular weight is 311 g/mol. The Kier molecular flexibility index (Phi) is 4.14. The van der Waals surface area contributed by atoms with Gasteiger partial charge in [0.2, 0.25) is 0 Å². The van der Waals surface area contributed by atoms with Crippen LogP contribution in [0.4, 0.5) is 4.79 Å². The maximum atomic E-state index is 10.7. The number of imidazole rings is 1. The Hall–Kier alpha value is -3.02. The van der Waals surface area contributed by atoms with Gasteiger partial charge in [-0.15, -0.1) is 0 Å². The molecule has 0 aliphatic heterocycles. The number of hydrogen-bond donors (Lipinski definition) is 3. The van der Waals surface area contributed by atoms with Gasteiger partial charge in [-0.2, -0.15) is 0 Å². The van der Waals surface area contributed by atoms with Crippen molar-refractivity contribution in [2.24, 2.45) is 0 Å². The van der Waals surface area contributed by atoms with Gasteiger partial charge in [0.25, 0.3) is 0 Å². The molecule has 23 heavy (non-hydrogen) atoms. The molecule has 1 amide bonds. The molecule has 0 bridgehead atoms. The van der Waals surface area contributed by atoms with Crippen LogP contribution in [-0.2, 0) is 6.61 Å². The van der Waals surface area contributed by atoms with Crippen molar-refractivity contribution in [2.75, 3.05) is 0 Å². The zero-order chi connectivity index (χ0) is 16.2. The van der Waals surface area contributed by atoms with Gasteiger partial charge in [-0.25, -0.2) is 9.78 Å². The van der Waals surface area contributed by atoms with Crippen LogP contribution in [-0.4, -0.2) is 21.2 Å². The van der Waals surface area contributed by atoms with E-state index in [0.29, 0.717) is 12.4 Å². The lowest BCUT2D eigenvalue weighted by atomic mass is 10.2. The lowest BCUT2D eigenvalue weighted by Gasteiger charge is -2.07. The lowest BCUT2D eigenvalue weighted by Crippen LogP contribution is -2.25. The number of nitrogens with zero attached hydrogens (tertiary/aromatic N) is 1. The van der Waals surface area contributed by atoms with Crippen molar-refractivity contribution in [1.82, 2.24) is 15.3 Å². The Labute approximate surface area is 133 Å². The van der Waals surface area contributed by atoms with Gasteiger partial charge in [-0.1, -0.05) is 30.3 Å². The molecule has 0 saturated carbocycles. The third-order valence-corrected chi connectivity index (χ3v) is 3.47. The highest BCUT2D eigenvalue weighted by atomic mass is 16.5. The summed E-state index contributed by atoms with van der Waals surface area (Å²) in [5.41, 5.74) is 2.67. The van der Waals surface area contributed by atoms with E-state index < -0.39 is 12.1 Å². The Morgan fingerprint density at radius 2 is 2.09 bits per heavy atom. The number of ether oxygens (including phenoxy) is 1. The zero-order valence-electron chi connectivity index (χ0n) is 12.6. The highest BCUT2D eigenvalue weighted by molar-refractivity contribution is 5.77. The molecular weight excluding hydrogens is 294 g/mol. The first-order valence-electron chi connectivity index (χ1n) is 7.27. The smallest absolute Gasteiger partial charge is 0.405 e. The van der Waals surface area contributed by atoms with E-state index in [2.05, 4.69) is 15.3 Å². The number of H-pyrrole nitrogens is 1. The third-order valence-electron chi connectivity index (χ3n) is 3.47. The van der Waals surface area contributed by atoms with Gasteiger partial charge in [0.1, 0.15) is 18.2 Å². The summed E-state index contributed by atoms with van der Waals surface area (Å²) in [6, 6.07) is 15.1. The third kappa shape index (κ3) is 3.60. The van der Waals surface area contributed by atoms with E-state index >= 15 is 0 Å². The molecule has 0 aliphatic rings. The Morgan fingerprint density at radius 1 is 1.30 bits per heavy atom. The first-order chi connectivity index (χ1) is 11.1. The maximum Gasteiger partial charge on any atom is 0.405 e. The van der Waals surface area contributed by atoms with Gasteiger partial charge >= 0.3 is 6.09 Å². The molecule has 3 rings (SSSR count). The summed E-state index contributed by atoms with van der Waals surface area (Å²) in [7, 11) is 0. The Balaban J connectivity index is 1.75. The summed E-state index contributed by atoms with van der Waals surface area (Å²) in [5.74, 6) is 1.30. The van der Waals surface area contributed by atoms with Crippen molar-refractivity contribution in [1.29, 1.82) is 0 Å². The first-order valence-corrected chi connectivity index (χ1v) is 7.27. The molecule has 0 aliphatic carbocycles. The predicted molar refractivity (Wildman–Crippen MR) is 86.4 cm³/mol. The molecule has 2 aromatic carbocycles. The fraction of sp³-hybridized carbons (Fsp3) is 0.176. The first kappa shape index (κ1) is 14.9. The number of aromatic nitrogens is 2. The SMILES string of the molecule is CC(NC(=O)O)c1nc2ccc(OCc3ccccc3)cc2[nH]1. The second-order valence-corrected chi connectivity index (χ2v) is 5.25. The monoisotopic (exact) mass is 311 g/mol. The molecule has 1 atom stereocenters. The van der Waals surface area contributed by atoms with Gasteiger partial charge < -0.3 is 20.1 Å². The zero-order valence-corrected chi connectivity index (χ0v) is 12.6. The molecule has 0 spiro atoms. The number of carboxylic acid groups (broad SMARTS) is 1. The molecule has 3 N–H and O–H groups in total. The van der Waals surface area contributed by atoms with Crippen molar-refractivity contribution in [3.8, 4) is 5.75 Å². The number of fused-ring (bicyclic) bond motifs is 1. The fourth-order valence-electron chi connectivity index (χ4n) is 2.30. The second kappa shape index (κ2) is 6.39. The summed E-state index contributed by atoms with van der Waals surface area (Å²) < 4.78 is 5.78. The molecule has 3 aromatic rings. The topological polar surface area (TPSA) is 87.2 Å². The van der Waals surface area contributed by atoms with Crippen molar-refractivity contribution in [3.05, 3.63) is 59.9 Å². The molecular formula is C17H17N3O3. The molecule has 6 nitrogen and oxygen atoms in total. The minimum atomic E-state index is -1.08. The van der Waals surface area contributed by atoms with Crippen LogP contribution in [0.15, 0.2) is 48.5 Å². The molecule has 0 saturated heterocycles. The van der Waals surface area contributed by atoms with E-state index in [1.54, 1.807) is 6.92 Å². The van der Waals surface area contributed by atoms with Crippen LogP contribution in [0.25, 0.3) is 11.0 Å². The molecule has 6 heteroatoms. The van der Waals surface area contributed by atoms with Crippen molar-refractivity contribution >= 4 is 17.1 Å². The largest absolute Gasteiger partial charge is 0.489 e. The van der Waals surface area contributed by atoms with Gasteiger partial charge in [0.05, 0.1) is 17.1 Å². The number of carbonyl (C=O) groups is 1. The summed E-state index contributed by atoms with van der Waals surface area (Å²) in [4.78, 5) is 18.2. The number of rotatable bonds is 5. The summed E-state index contributed by atoms with van der Waals surface area (Å²) >= 11 is 0. The number of hydrogen-bond acceptors (Lipinski definition) is 3. The minimum absolute atomic E-state index is 0.409. The van der Waals surface area contributed by atoms with Gasteiger partial charge in [-0.05, 0) is 24.6 Å². The van der Waals surface area contributed by atoms with Gasteiger partial charge in [0, 0.05) is 6.07 Å². The van der Waals surface area contributed by atoms with E-state index in [-0.39, 0.29) is 0 Å². The average Bonchev–Trinajstić information content (AvgIpc) is 2.96. The minimum Gasteiger partial charge on any atom is -0.489 e. The number of amides is 1. The molecule has 1 aromatic heterocycles. The highest BCUT2D eigenvalue weighted by Crippen LogP contribution is 2.22.